The molecular formula is C14H18N2O4. The summed E-state index contributed by atoms with van der Waals surface area (Å²) in [5.74, 6) is -0.746. The minimum absolute atomic E-state index is 0.206. The van der Waals surface area contributed by atoms with Gasteiger partial charge in [0.05, 0.1) is 18.8 Å². The number of nitrogens with two attached hydrogens (primary N) is 1. The van der Waals surface area contributed by atoms with E-state index in [4.69, 9.17) is 15.2 Å². The van der Waals surface area contributed by atoms with E-state index in [-0.39, 0.29) is 12.5 Å². The Morgan fingerprint density at radius 1 is 1.30 bits per heavy atom. The highest BCUT2D eigenvalue weighted by Gasteiger charge is 2.18. The van der Waals surface area contributed by atoms with E-state index >= 15 is 0 Å². The maximum absolute atomic E-state index is 11.9. The van der Waals surface area contributed by atoms with Crippen LogP contribution in [0.15, 0.2) is 18.2 Å². The van der Waals surface area contributed by atoms with E-state index in [9.17, 15) is 9.59 Å². The summed E-state index contributed by atoms with van der Waals surface area (Å²) in [5.41, 5.74) is 7.40. The van der Waals surface area contributed by atoms with Crippen molar-refractivity contribution in [1.82, 2.24) is 4.90 Å². The average molecular weight is 278 g/mol. The van der Waals surface area contributed by atoms with E-state index < -0.39 is 5.97 Å². The van der Waals surface area contributed by atoms with Gasteiger partial charge in [-0.1, -0.05) is 0 Å². The van der Waals surface area contributed by atoms with Crippen LogP contribution in [0.4, 0.5) is 5.69 Å². The second kappa shape index (κ2) is 6.38. The summed E-state index contributed by atoms with van der Waals surface area (Å²) in [6.07, 6.45) is 0. The molecular weight excluding hydrogens is 260 g/mol. The third-order valence-corrected chi connectivity index (χ3v) is 3.03. The van der Waals surface area contributed by atoms with Crippen molar-refractivity contribution in [3.05, 3.63) is 29.3 Å². The van der Waals surface area contributed by atoms with Gasteiger partial charge in [0.25, 0.3) is 5.91 Å². The lowest BCUT2D eigenvalue weighted by Crippen LogP contribution is -2.42. The fraction of sp³-hybridized carbons (Fsp3) is 0.429. The number of rotatable bonds is 3. The van der Waals surface area contributed by atoms with Crippen LogP contribution in [0.3, 0.4) is 0 Å². The summed E-state index contributed by atoms with van der Waals surface area (Å²) in [6.45, 7) is 3.70. The van der Waals surface area contributed by atoms with Crippen molar-refractivity contribution in [3.63, 3.8) is 0 Å². The van der Waals surface area contributed by atoms with E-state index in [0.717, 1.165) is 5.56 Å². The maximum Gasteiger partial charge on any atom is 0.338 e. The predicted octanol–water partition coefficient (Wildman–Crippen LogP) is 0.593. The molecule has 0 aromatic heterocycles. The van der Waals surface area contributed by atoms with Crippen molar-refractivity contribution in [2.75, 3.05) is 38.6 Å². The van der Waals surface area contributed by atoms with Crippen molar-refractivity contribution in [1.29, 1.82) is 0 Å². The van der Waals surface area contributed by atoms with Gasteiger partial charge < -0.3 is 20.1 Å². The SMILES string of the molecule is Cc1cc(N)cc(C(=O)OCC(=O)N2CCOCC2)c1. The number of benzene rings is 1. The van der Waals surface area contributed by atoms with Gasteiger partial charge >= 0.3 is 5.97 Å². The van der Waals surface area contributed by atoms with Crippen LogP contribution >= 0.6 is 0 Å². The van der Waals surface area contributed by atoms with Crippen LogP contribution in [0, 0.1) is 6.92 Å². The fourth-order valence-corrected chi connectivity index (χ4v) is 2.05. The number of esters is 1. The van der Waals surface area contributed by atoms with E-state index in [2.05, 4.69) is 0 Å². The lowest BCUT2D eigenvalue weighted by molar-refractivity contribution is -0.138. The Kier molecular flexibility index (Phi) is 4.57. The van der Waals surface area contributed by atoms with Crippen LogP contribution in [0.1, 0.15) is 15.9 Å². The van der Waals surface area contributed by atoms with Gasteiger partial charge in [0.1, 0.15) is 0 Å². The van der Waals surface area contributed by atoms with Gasteiger partial charge in [0.15, 0.2) is 6.61 Å². The summed E-state index contributed by atoms with van der Waals surface area (Å²) < 4.78 is 10.2. The highest BCUT2D eigenvalue weighted by Crippen LogP contribution is 2.12. The molecule has 1 aliphatic rings. The quantitative estimate of drug-likeness (QED) is 0.646. The summed E-state index contributed by atoms with van der Waals surface area (Å²) >= 11 is 0. The lowest BCUT2D eigenvalue weighted by Gasteiger charge is -2.26. The smallest absolute Gasteiger partial charge is 0.338 e. The van der Waals surface area contributed by atoms with Gasteiger partial charge in [-0.25, -0.2) is 4.79 Å². The molecule has 0 spiro atoms. The first-order valence-electron chi connectivity index (χ1n) is 6.46. The molecule has 0 atom stereocenters. The number of hydrogen-bond donors (Lipinski definition) is 1. The number of amides is 1. The van der Waals surface area contributed by atoms with Crippen molar-refractivity contribution in [3.8, 4) is 0 Å². The minimum atomic E-state index is -0.540. The standard InChI is InChI=1S/C14H18N2O4/c1-10-6-11(8-12(15)7-10)14(18)20-9-13(17)16-2-4-19-5-3-16/h6-8H,2-5,9,15H2,1H3. The van der Waals surface area contributed by atoms with Crippen molar-refractivity contribution in [2.45, 2.75) is 6.92 Å². The first kappa shape index (κ1) is 14.3. The molecule has 6 nitrogen and oxygen atoms in total. The molecule has 1 saturated heterocycles. The zero-order valence-electron chi connectivity index (χ0n) is 11.4. The Morgan fingerprint density at radius 2 is 2.00 bits per heavy atom. The second-order valence-corrected chi connectivity index (χ2v) is 4.70. The summed E-state index contributed by atoms with van der Waals surface area (Å²) in [4.78, 5) is 25.3. The van der Waals surface area contributed by atoms with Crippen molar-refractivity contribution in [2.24, 2.45) is 0 Å². The Hall–Kier alpha value is -2.08. The lowest BCUT2D eigenvalue weighted by atomic mass is 10.1. The molecule has 1 fully saturated rings. The van der Waals surface area contributed by atoms with Crippen LogP contribution in [-0.4, -0.2) is 49.7 Å². The van der Waals surface area contributed by atoms with E-state index in [0.29, 0.717) is 37.6 Å². The number of anilines is 1. The molecule has 0 unspecified atom stereocenters. The van der Waals surface area contributed by atoms with E-state index in [1.807, 2.05) is 6.92 Å². The molecule has 1 aliphatic heterocycles. The zero-order chi connectivity index (χ0) is 14.5. The summed E-state index contributed by atoms with van der Waals surface area (Å²) in [6, 6.07) is 4.97. The number of hydrogen-bond acceptors (Lipinski definition) is 5. The Labute approximate surface area is 117 Å². The molecule has 0 bridgehead atoms. The Balaban J connectivity index is 1.89. The number of aryl methyl sites for hydroxylation is 1. The van der Waals surface area contributed by atoms with E-state index in [1.165, 1.54) is 6.07 Å². The monoisotopic (exact) mass is 278 g/mol. The number of nitrogen functional groups attached to an aromatic ring is 1. The molecule has 1 aromatic carbocycles. The normalized spacial score (nSPS) is 14.9. The average Bonchev–Trinajstić information content (AvgIpc) is 2.44. The molecule has 1 amide bonds. The fourth-order valence-electron chi connectivity index (χ4n) is 2.05. The Morgan fingerprint density at radius 3 is 2.65 bits per heavy atom. The number of nitrogens with zero attached hydrogens (tertiary/aromatic N) is 1. The van der Waals surface area contributed by atoms with E-state index in [1.54, 1.807) is 17.0 Å². The van der Waals surface area contributed by atoms with Crippen LogP contribution < -0.4 is 5.73 Å². The molecule has 20 heavy (non-hydrogen) atoms. The molecule has 1 heterocycles. The summed E-state index contributed by atoms with van der Waals surface area (Å²) in [7, 11) is 0. The van der Waals surface area contributed by atoms with Crippen LogP contribution in [-0.2, 0) is 14.3 Å². The molecule has 1 aromatic rings. The van der Waals surface area contributed by atoms with Crippen LogP contribution in [0.5, 0.6) is 0 Å². The largest absolute Gasteiger partial charge is 0.452 e. The first-order valence-corrected chi connectivity index (χ1v) is 6.46. The number of carbonyl (C=O) groups is 2. The Bertz CT molecular complexity index is 490. The van der Waals surface area contributed by atoms with Crippen molar-refractivity contribution < 1.29 is 19.1 Å². The third-order valence-electron chi connectivity index (χ3n) is 3.03. The predicted molar refractivity (Wildman–Crippen MR) is 73.3 cm³/mol. The first-order chi connectivity index (χ1) is 9.56. The molecule has 2 N–H and O–H groups in total. The van der Waals surface area contributed by atoms with Crippen LogP contribution in [0.2, 0.25) is 0 Å². The maximum atomic E-state index is 11.9. The molecule has 2 rings (SSSR count). The van der Waals surface area contributed by atoms with Gasteiger partial charge in [0.2, 0.25) is 0 Å². The number of ether oxygens (including phenoxy) is 2. The van der Waals surface area contributed by atoms with Gasteiger partial charge in [-0.15, -0.1) is 0 Å². The minimum Gasteiger partial charge on any atom is -0.452 e. The molecule has 6 heteroatoms. The van der Waals surface area contributed by atoms with Crippen LogP contribution in [0.25, 0.3) is 0 Å². The second-order valence-electron chi connectivity index (χ2n) is 4.70. The molecule has 108 valence electrons. The van der Waals surface area contributed by atoms with Crippen molar-refractivity contribution >= 4 is 17.6 Å². The number of morpholine rings is 1. The summed E-state index contributed by atoms with van der Waals surface area (Å²) in [5, 5.41) is 0. The third kappa shape index (κ3) is 3.71. The van der Waals surface area contributed by atoms with Gasteiger partial charge in [-0.2, -0.15) is 0 Å². The topological polar surface area (TPSA) is 81.9 Å². The zero-order valence-corrected chi connectivity index (χ0v) is 11.4. The van der Waals surface area contributed by atoms with Gasteiger partial charge in [-0.05, 0) is 30.7 Å². The molecule has 0 saturated carbocycles. The van der Waals surface area contributed by atoms with Gasteiger partial charge in [-0.3, -0.25) is 4.79 Å². The molecule has 0 radical (unpaired) electrons. The highest BCUT2D eigenvalue weighted by atomic mass is 16.5. The highest BCUT2D eigenvalue weighted by molar-refractivity contribution is 5.92. The van der Waals surface area contributed by atoms with Gasteiger partial charge in [0, 0.05) is 18.8 Å². The number of carbonyl (C=O) groups excluding carboxylic acids is 2. The molecule has 0 aliphatic carbocycles.